The van der Waals surface area contributed by atoms with Crippen LogP contribution >= 0.6 is 0 Å². The van der Waals surface area contributed by atoms with Crippen LogP contribution in [0.1, 0.15) is 62.3 Å². The van der Waals surface area contributed by atoms with E-state index in [0.717, 1.165) is 50.8 Å². The van der Waals surface area contributed by atoms with Crippen LogP contribution in [-0.4, -0.2) is 54.2 Å². The van der Waals surface area contributed by atoms with Gasteiger partial charge in [-0.05, 0) is 37.9 Å². The van der Waals surface area contributed by atoms with Gasteiger partial charge in [-0.25, -0.2) is 0 Å². The molecular formula is C22H34N6O. The number of aromatic nitrogens is 2. The molecule has 29 heavy (non-hydrogen) atoms. The van der Waals surface area contributed by atoms with E-state index < -0.39 is 0 Å². The molecule has 0 aliphatic carbocycles. The smallest absolute Gasteiger partial charge is 0.226 e. The molecule has 1 atom stereocenters. The Balaban J connectivity index is 1.45. The second kappa shape index (κ2) is 11.0. The summed E-state index contributed by atoms with van der Waals surface area (Å²) >= 11 is 0. The van der Waals surface area contributed by atoms with E-state index in [-0.39, 0.29) is 0 Å². The second-order valence-corrected chi connectivity index (χ2v) is 7.85. The predicted molar refractivity (Wildman–Crippen MR) is 116 cm³/mol. The van der Waals surface area contributed by atoms with E-state index >= 15 is 0 Å². The minimum Gasteiger partial charge on any atom is -0.356 e. The Morgan fingerprint density at radius 3 is 2.59 bits per heavy atom. The Labute approximate surface area is 174 Å². The Hall–Kier alpha value is -2.41. The van der Waals surface area contributed by atoms with Crippen molar-refractivity contribution in [3.63, 3.8) is 0 Å². The minimum atomic E-state index is 0.293. The van der Waals surface area contributed by atoms with Gasteiger partial charge < -0.3 is 15.2 Å². The number of rotatable bonds is 9. The maximum atomic E-state index is 5.30. The summed E-state index contributed by atoms with van der Waals surface area (Å²) in [5, 5.41) is 10.9. The zero-order chi connectivity index (χ0) is 20.5. The Bertz CT molecular complexity index is 752. The monoisotopic (exact) mass is 398 g/mol. The van der Waals surface area contributed by atoms with E-state index in [4.69, 9.17) is 4.52 Å². The summed E-state index contributed by atoms with van der Waals surface area (Å²) in [7, 11) is 1.82. The summed E-state index contributed by atoms with van der Waals surface area (Å²) in [5.41, 5.74) is 1.36. The van der Waals surface area contributed by atoms with Crippen molar-refractivity contribution in [2.45, 2.75) is 51.5 Å². The molecule has 1 aromatic carbocycles. The molecule has 2 aromatic rings. The van der Waals surface area contributed by atoms with E-state index in [1.54, 1.807) is 0 Å². The van der Waals surface area contributed by atoms with Crippen LogP contribution in [0.3, 0.4) is 0 Å². The van der Waals surface area contributed by atoms with Crippen LogP contribution in [0.2, 0.25) is 0 Å². The van der Waals surface area contributed by atoms with E-state index in [1.807, 2.05) is 7.05 Å². The first-order valence-electron chi connectivity index (χ1n) is 10.7. The van der Waals surface area contributed by atoms with Gasteiger partial charge >= 0.3 is 0 Å². The number of benzene rings is 1. The first kappa shape index (κ1) is 21.3. The summed E-state index contributed by atoms with van der Waals surface area (Å²) in [5.74, 6) is 2.61. The normalized spacial score (nSPS) is 16.3. The van der Waals surface area contributed by atoms with Crippen LogP contribution in [-0.2, 0) is 6.42 Å². The van der Waals surface area contributed by atoms with E-state index in [1.165, 1.54) is 18.4 Å². The van der Waals surface area contributed by atoms with Gasteiger partial charge in [-0.3, -0.25) is 9.89 Å². The third kappa shape index (κ3) is 6.29. The van der Waals surface area contributed by atoms with Gasteiger partial charge in [0.15, 0.2) is 11.8 Å². The minimum absolute atomic E-state index is 0.293. The number of guanidine groups is 1. The summed E-state index contributed by atoms with van der Waals surface area (Å²) in [4.78, 5) is 11.4. The van der Waals surface area contributed by atoms with Crippen molar-refractivity contribution in [1.29, 1.82) is 0 Å². The summed E-state index contributed by atoms with van der Waals surface area (Å²) in [6.45, 7) is 8.10. The molecule has 0 amide bonds. The largest absolute Gasteiger partial charge is 0.356 e. The lowest BCUT2D eigenvalue weighted by Gasteiger charge is -2.29. The van der Waals surface area contributed by atoms with Gasteiger partial charge in [-0.15, -0.1) is 0 Å². The number of aryl methyl sites for hydroxylation is 1. The van der Waals surface area contributed by atoms with Crippen molar-refractivity contribution in [2.75, 3.05) is 33.2 Å². The van der Waals surface area contributed by atoms with Crippen LogP contribution in [0.4, 0.5) is 0 Å². The van der Waals surface area contributed by atoms with Crippen LogP contribution in [0, 0.1) is 0 Å². The number of likely N-dealkylation sites (tertiary alicyclic amines) is 1. The zero-order valence-corrected chi connectivity index (χ0v) is 17.9. The van der Waals surface area contributed by atoms with Crippen molar-refractivity contribution in [3.8, 4) is 0 Å². The van der Waals surface area contributed by atoms with Crippen molar-refractivity contribution in [2.24, 2.45) is 4.99 Å². The first-order chi connectivity index (χ1) is 14.2. The maximum absolute atomic E-state index is 5.30. The van der Waals surface area contributed by atoms with Crippen molar-refractivity contribution in [3.05, 3.63) is 47.6 Å². The molecule has 1 aliphatic heterocycles. The third-order valence-corrected chi connectivity index (χ3v) is 5.31. The van der Waals surface area contributed by atoms with E-state index in [0.29, 0.717) is 17.9 Å². The number of aliphatic imine (C=N–C) groups is 1. The second-order valence-electron chi connectivity index (χ2n) is 7.85. The highest BCUT2D eigenvalue weighted by atomic mass is 16.5. The Morgan fingerprint density at radius 1 is 1.17 bits per heavy atom. The lowest BCUT2D eigenvalue weighted by Crippen LogP contribution is -2.43. The Morgan fingerprint density at radius 2 is 1.93 bits per heavy atom. The summed E-state index contributed by atoms with van der Waals surface area (Å²) < 4.78 is 5.30. The molecule has 1 unspecified atom stereocenters. The first-order valence-corrected chi connectivity index (χ1v) is 10.7. The highest BCUT2D eigenvalue weighted by Gasteiger charge is 2.23. The SMILES string of the molecule is CN=C(NCCCc1nc(C(C)C)no1)NCC(c1ccccc1)N1CCCC1. The van der Waals surface area contributed by atoms with Gasteiger partial charge in [-0.2, -0.15) is 4.98 Å². The highest BCUT2D eigenvalue weighted by molar-refractivity contribution is 5.79. The molecule has 3 rings (SSSR count). The van der Waals surface area contributed by atoms with Crippen LogP contribution in [0.25, 0.3) is 0 Å². The van der Waals surface area contributed by atoms with E-state index in [9.17, 15) is 0 Å². The van der Waals surface area contributed by atoms with Crippen LogP contribution in [0.5, 0.6) is 0 Å². The third-order valence-electron chi connectivity index (χ3n) is 5.31. The molecule has 7 nitrogen and oxygen atoms in total. The molecule has 2 N–H and O–H groups in total. The number of hydrogen-bond donors (Lipinski definition) is 2. The average Bonchev–Trinajstić information content (AvgIpc) is 3.43. The summed E-state index contributed by atoms with van der Waals surface area (Å²) in [6, 6.07) is 11.1. The van der Waals surface area contributed by atoms with Gasteiger partial charge in [0.25, 0.3) is 0 Å². The molecule has 1 saturated heterocycles. The maximum Gasteiger partial charge on any atom is 0.226 e. The fraction of sp³-hybridized carbons (Fsp3) is 0.591. The molecule has 2 heterocycles. The fourth-order valence-corrected chi connectivity index (χ4v) is 3.65. The fourth-order valence-electron chi connectivity index (χ4n) is 3.65. The average molecular weight is 399 g/mol. The van der Waals surface area contributed by atoms with Crippen molar-refractivity contribution < 1.29 is 4.52 Å². The van der Waals surface area contributed by atoms with E-state index in [2.05, 4.69) is 74.8 Å². The van der Waals surface area contributed by atoms with Crippen LogP contribution < -0.4 is 10.6 Å². The molecule has 7 heteroatoms. The molecule has 0 radical (unpaired) electrons. The van der Waals surface area contributed by atoms with Gasteiger partial charge in [0.1, 0.15) is 0 Å². The molecule has 0 bridgehead atoms. The number of nitrogens with one attached hydrogen (secondary N) is 2. The molecule has 0 spiro atoms. The molecular weight excluding hydrogens is 364 g/mol. The van der Waals surface area contributed by atoms with Gasteiger partial charge in [0.05, 0.1) is 6.04 Å². The quantitative estimate of drug-likeness (QED) is 0.384. The lowest BCUT2D eigenvalue weighted by molar-refractivity contribution is 0.245. The highest BCUT2D eigenvalue weighted by Crippen LogP contribution is 2.24. The van der Waals surface area contributed by atoms with Crippen molar-refractivity contribution in [1.82, 2.24) is 25.7 Å². The molecule has 1 aliphatic rings. The van der Waals surface area contributed by atoms with Crippen molar-refractivity contribution >= 4 is 5.96 Å². The standard InChI is InChI=1S/C22H34N6O/c1-17(2)21-26-20(29-27-21)12-9-13-24-22(23-3)25-16-19(28-14-7-8-15-28)18-10-5-4-6-11-18/h4-6,10-11,17,19H,7-9,12-16H2,1-3H3,(H2,23,24,25). The molecule has 1 fully saturated rings. The zero-order valence-electron chi connectivity index (χ0n) is 17.9. The Kier molecular flexibility index (Phi) is 8.04. The van der Waals surface area contributed by atoms with Gasteiger partial charge in [0, 0.05) is 32.5 Å². The summed E-state index contributed by atoms with van der Waals surface area (Å²) in [6.07, 6.45) is 4.24. The van der Waals surface area contributed by atoms with Gasteiger partial charge in [-0.1, -0.05) is 49.3 Å². The lowest BCUT2D eigenvalue weighted by atomic mass is 10.1. The predicted octanol–water partition coefficient (Wildman–Crippen LogP) is 3.13. The molecule has 0 saturated carbocycles. The molecule has 1 aromatic heterocycles. The number of hydrogen-bond acceptors (Lipinski definition) is 5. The molecule has 158 valence electrons. The topological polar surface area (TPSA) is 78.6 Å². The van der Waals surface area contributed by atoms with Crippen LogP contribution in [0.15, 0.2) is 39.8 Å². The van der Waals surface area contributed by atoms with Gasteiger partial charge in [0.2, 0.25) is 5.89 Å². The number of nitrogens with zero attached hydrogens (tertiary/aromatic N) is 4.